The van der Waals surface area contributed by atoms with Gasteiger partial charge in [-0.1, -0.05) is 0 Å². The molecule has 18 heavy (non-hydrogen) atoms. The Hall–Kier alpha value is -0.162. The fraction of sp³-hybridized carbons (Fsp3) is 0.0714. The van der Waals surface area contributed by atoms with Gasteiger partial charge in [-0.15, -0.1) is 0 Å². The number of hydrogen-bond donors (Lipinski definition) is 0. The molecule has 1 heterocycles. The molecule has 2 aromatic rings. The Morgan fingerprint density at radius 2 is 1.56 bits per heavy atom. The second kappa shape index (κ2) is 9.73. The third-order valence-electron chi connectivity index (χ3n) is 2.47. The van der Waals surface area contributed by atoms with Gasteiger partial charge in [-0.3, -0.25) is 0 Å². The zero-order valence-electron chi connectivity index (χ0n) is 9.76. The van der Waals surface area contributed by atoms with Crippen LogP contribution in [0.1, 0.15) is 14.8 Å². The molecule has 1 aliphatic rings. The van der Waals surface area contributed by atoms with Crippen LogP contribution in [0.3, 0.4) is 0 Å². The molecule has 0 amide bonds. The summed E-state index contributed by atoms with van der Waals surface area (Å²) < 4.78 is 0.711. The van der Waals surface area contributed by atoms with E-state index in [0.717, 1.165) is 0 Å². The van der Waals surface area contributed by atoms with Crippen LogP contribution in [0.4, 0.5) is 0 Å². The van der Waals surface area contributed by atoms with Crippen LogP contribution in [0.15, 0.2) is 60.5 Å². The Morgan fingerprint density at radius 1 is 0.889 bits per heavy atom. The van der Waals surface area contributed by atoms with Crippen molar-refractivity contribution in [3.8, 4) is 0 Å². The summed E-state index contributed by atoms with van der Waals surface area (Å²) in [6, 6.07) is 14.6. The Labute approximate surface area is 137 Å². The molecule has 1 unspecified atom stereocenters. The van der Waals surface area contributed by atoms with E-state index in [1.165, 1.54) is 11.1 Å². The first kappa shape index (κ1) is 17.8. The van der Waals surface area contributed by atoms with Gasteiger partial charge in [0.15, 0.2) is 0 Å². The molecular formula is C14H12BCl2Zr. The van der Waals surface area contributed by atoms with E-state index >= 15 is 0 Å². The molecule has 1 aliphatic carbocycles. The van der Waals surface area contributed by atoms with Crippen LogP contribution >= 0.6 is 0 Å². The summed E-state index contributed by atoms with van der Waals surface area (Å²) in [5.41, 5.74) is 2.91. The fourth-order valence-electron chi connectivity index (χ4n) is 1.63. The van der Waals surface area contributed by atoms with E-state index in [0.29, 0.717) is 3.63 Å². The SMILES string of the molecule is [Cl-].[Cl-].[Zr+2][CH]1C=Cc2ccccc21.b1ccccc1. The number of fused-ring (bicyclic) bond motifs is 1. The van der Waals surface area contributed by atoms with Crippen LogP contribution < -0.4 is 24.8 Å². The molecule has 1 aromatic carbocycles. The average molecular weight is 353 g/mol. The number of hydrogen-bond acceptors (Lipinski definition) is 0. The molecule has 0 saturated heterocycles. The second-order valence-corrected chi connectivity index (χ2v) is 5.15. The van der Waals surface area contributed by atoms with Crippen LogP contribution in [0, 0.1) is 0 Å². The predicted octanol–water partition coefficient (Wildman–Crippen LogP) is -2.67. The van der Waals surface area contributed by atoms with E-state index in [9.17, 15) is 0 Å². The van der Waals surface area contributed by atoms with Gasteiger partial charge in [0.25, 0.3) is 0 Å². The van der Waals surface area contributed by atoms with E-state index in [1.54, 1.807) is 24.7 Å². The van der Waals surface area contributed by atoms with Crippen molar-refractivity contribution in [3.63, 3.8) is 0 Å². The van der Waals surface area contributed by atoms with Gasteiger partial charge in [0, 0.05) is 0 Å². The maximum atomic E-state index is 2.28. The van der Waals surface area contributed by atoms with E-state index in [4.69, 9.17) is 0 Å². The zero-order chi connectivity index (χ0) is 11.2. The molecule has 0 spiro atoms. The van der Waals surface area contributed by atoms with Crippen molar-refractivity contribution >= 4 is 13.0 Å². The van der Waals surface area contributed by atoms with Crippen molar-refractivity contribution in [2.75, 3.05) is 0 Å². The quantitative estimate of drug-likeness (QED) is 0.485. The van der Waals surface area contributed by atoms with Crippen LogP contribution in [0.5, 0.6) is 0 Å². The minimum absolute atomic E-state index is 0. The van der Waals surface area contributed by atoms with Gasteiger partial charge in [-0.25, -0.2) is 0 Å². The van der Waals surface area contributed by atoms with Crippen molar-refractivity contribution in [1.29, 1.82) is 0 Å². The molecular weight excluding hydrogens is 341 g/mol. The van der Waals surface area contributed by atoms with Crippen LogP contribution in [0.2, 0.25) is 0 Å². The normalized spacial score (nSPS) is 14.2. The Bertz CT molecular complexity index is 448. The summed E-state index contributed by atoms with van der Waals surface area (Å²) in [7, 11) is 0. The van der Waals surface area contributed by atoms with Crippen LogP contribution in [-0.2, 0) is 24.7 Å². The molecule has 0 aliphatic heterocycles. The number of halogens is 2. The molecule has 1 atom stereocenters. The monoisotopic (exact) mass is 351 g/mol. The summed E-state index contributed by atoms with van der Waals surface area (Å²) in [4.78, 5) is 0. The Morgan fingerprint density at radius 3 is 2.06 bits per heavy atom. The van der Waals surface area contributed by atoms with Gasteiger partial charge >= 0.3 is 113 Å². The molecule has 0 saturated carbocycles. The third kappa shape index (κ3) is 5.22. The minimum atomic E-state index is 0. The second-order valence-electron chi connectivity index (χ2n) is 3.62. The van der Waals surface area contributed by atoms with Gasteiger partial charge < -0.3 is 24.8 Å². The first-order valence-electron chi connectivity index (χ1n) is 5.36. The number of rotatable bonds is 0. The molecule has 3 rings (SSSR count). The summed E-state index contributed by atoms with van der Waals surface area (Å²) >= 11 is 1.59. The van der Waals surface area contributed by atoms with E-state index < -0.39 is 0 Å². The molecule has 4 heteroatoms. The molecule has 0 fully saturated rings. The fourth-order valence-corrected chi connectivity index (χ4v) is 2.52. The summed E-state index contributed by atoms with van der Waals surface area (Å²) in [6.45, 7) is 2.00. The van der Waals surface area contributed by atoms with Gasteiger partial charge in [-0.05, 0) is 0 Å². The first-order valence-corrected chi connectivity index (χ1v) is 6.78. The van der Waals surface area contributed by atoms with Crippen molar-refractivity contribution in [2.45, 2.75) is 3.63 Å². The molecule has 1 aromatic heterocycles. The Kier molecular flexibility index (Phi) is 9.64. The predicted molar refractivity (Wildman–Crippen MR) is 66.0 cm³/mol. The average Bonchev–Trinajstić information content (AvgIpc) is 2.75. The number of allylic oxidation sites excluding steroid dienone is 1. The molecule has 0 N–H and O–H groups in total. The molecule has 89 valence electrons. The molecule has 0 bridgehead atoms. The number of benzene rings is 1. The van der Waals surface area contributed by atoms with Crippen molar-refractivity contribution < 1.29 is 49.5 Å². The third-order valence-corrected chi connectivity index (χ3v) is 3.70. The van der Waals surface area contributed by atoms with Gasteiger partial charge in [0.05, 0.1) is 0 Å². The van der Waals surface area contributed by atoms with Gasteiger partial charge in [0.1, 0.15) is 0 Å². The summed E-state index contributed by atoms with van der Waals surface area (Å²) in [5, 5.41) is 0. The van der Waals surface area contributed by atoms with Crippen molar-refractivity contribution in [1.82, 2.24) is 0 Å². The first-order chi connectivity index (χ1) is 7.88. The summed E-state index contributed by atoms with van der Waals surface area (Å²) in [5.74, 6) is 4.00. The van der Waals surface area contributed by atoms with Crippen LogP contribution in [-0.4, -0.2) is 6.91 Å². The van der Waals surface area contributed by atoms with Gasteiger partial charge in [-0.2, -0.15) is 0 Å². The molecule has 0 radical (unpaired) electrons. The van der Waals surface area contributed by atoms with Crippen molar-refractivity contribution in [2.24, 2.45) is 0 Å². The molecule has 0 nitrogen and oxygen atoms in total. The summed E-state index contributed by atoms with van der Waals surface area (Å²) in [6.07, 6.45) is 4.50. The van der Waals surface area contributed by atoms with E-state index in [2.05, 4.69) is 36.4 Å². The van der Waals surface area contributed by atoms with Crippen molar-refractivity contribution in [3.05, 3.63) is 71.6 Å². The zero-order valence-corrected chi connectivity index (χ0v) is 13.7. The van der Waals surface area contributed by atoms with E-state index in [-0.39, 0.29) is 24.8 Å². The topological polar surface area (TPSA) is 0 Å². The van der Waals surface area contributed by atoms with Crippen LogP contribution in [0.25, 0.3) is 6.08 Å². The van der Waals surface area contributed by atoms with E-state index in [1.807, 2.05) is 37.0 Å². The Balaban J connectivity index is 0.000000319. The standard InChI is InChI=1S/C9H7.C5H5B.2ClH.Zr/c1-2-5-9-7-3-6-8(9)4-1;1-2-4-6-5-3-1;;;/h1-7H;1-5H;2*1H;/q;;;;+2/p-2. The van der Waals surface area contributed by atoms with Gasteiger partial charge in [0.2, 0.25) is 0 Å². The maximum absolute atomic E-state index is 2.28.